The number of benzene rings is 1. The average molecular weight is 265 g/mol. The number of carboxylic acid groups (broad SMARTS) is 1. The molecule has 0 unspecified atom stereocenters. The Hall–Kier alpha value is -1.84. The van der Waals surface area contributed by atoms with E-state index in [0.29, 0.717) is 11.3 Å². The molecule has 0 aliphatic carbocycles. The minimum atomic E-state index is -1.04. The maximum atomic E-state index is 13.9. The Morgan fingerprint density at radius 2 is 2.16 bits per heavy atom. The van der Waals surface area contributed by atoms with Crippen LogP contribution >= 0.6 is 0 Å². The van der Waals surface area contributed by atoms with Gasteiger partial charge in [0.1, 0.15) is 5.82 Å². The van der Waals surface area contributed by atoms with Gasteiger partial charge < -0.3 is 10.0 Å². The third-order valence-electron chi connectivity index (χ3n) is 2.90. The Labute approximate surface area is 113 Å². The van der Waals surface area contributed by atoms with Crippen molar-refractivity contribution in [3.8, 4) is 0 Å². The monoisotopic (exact) mass is 265 g/mol. The van der Waals surface area contributed by atoms with E-state index in [-0.39, 0.29) is 5.82 Å². The SMILES string of the molecule is CCCCCN(C)c1ccc(/C=C/C(=O)O)cc1F. The molecule has 0 fully saturated rings. The van der Waals surface area contributed by atoms with E-state index < -0.39 is 5.97 Å². The number of hydrogen-bond acceptors (Lipinski definition) is 2. The van der Waals surface area contributed by atoms with E-state index in [1.807, 2.05) is 11.9 Å². The summed E-state index contributed by atoms with van der Waals surface area (Å²) in [7, 11) is 1.86. The van der Waals surface area contributed by atoms with Gasteiger partial charge in [0.25, 0.3) is 0 Å². The zero-order chi connectivity index (χ0) is 14.3. The number of carbonyl (C=O) groups is 1. The van der Waals surface area contributed by atoms with Crippen LogP contribution in [0.5, 0.6) is 0 Å². The van der Waals surface area contributed by atoms with Gasteiger partial charge in [0, 0.05) is 19.7 Å². The highest BCUT2D eigenvalue weighted by molar-refractivity contribution is 5.85. The summed E-state index contributed by atoms with van der Waals surface area (Å²) < 4.78 is 13.9. The smallest absolute Gasteiger partial charge is 0.328 e. The summed E-state index contributed by atoms with van der Waals surface area (Å²) in [6, 6.07) is 4.75. The van der Waals surface area contributed by atoms with E-state index in [4.69, 9.17) is 5.11 Å². The molecule has 0 atom stereocenters. The van der Waals surface area contributed by atoms with Gasteiger partial charge in [0.2, 0.25) is 0 Å². The molecule has 0 aliphatic heterocycles. The molecule has 0 radical (unpaired) electrons. The van der Waals surface area contributed by atoms with Crippen LogP contribution < -0.4 is 4.90 Å². The lowest BCUT2D eigenvalue weighted by Gasteiger charge is -2.20. The molecule has 0 aromatic heterocycles. The van der Waals surface area contributed by atoms with E-state index in [1.54, 1.807) is 12.1 Å². The standard InChI is InChI=1S/C15H20FNO2/c1-3-4-5-10-17(2)14-8-6-12(11-13(14)16)7-9-15(18)19/h6-9,11H,3-5,10H2,1-2H3,(H,18,19)/b9-7+. The quantitative estimate of drug-likeness (QED) is 0.605. The van der Waals surface area contributed by atoms with E-state index >= 15 is 0 Å². The highest BCUT2D eigenvalue weighted by atomic mass is 19.1. The van der Waals surface area contributed by atoms with Crippen LogP contribution in [0.4, 0.5) is 10.1 Å². The topological polar surface area (TPSA) is 40.5 Å². The number of hydrogen-bond donors (Lipinski definition) is 1. The van der Waals surface area contributed by atoms with Crippen molar-refractivity contribution < 1.29 is 14.3 Å². The highest BCUT2D eigenvalue weighted by Crippen LogP contribution is 2.20. The molecule has 1 rings (SSSR count). The van der Waals surface area contributed by atoms with Crippen LogP contribution in [0.2, 0.25) is 0 Å². The number of unbranched alkanes of at least 4 members (excludes halogenated alkanes) is 2. The lowest BCUT2D eigenvalue weighted by molar-refractivity contribution is -0.131. The van der Waals surface area contributed by atoms with E-state index in [9.17, 15) is 9.18 Å². The lowest BCUT2D eigenvalue weighted by atomic mass is 10.1. The van der Waals surface area contributed by atoms with Gasteiger partial charge in [-0.25, -0.2) is 9.18 Å². The summed E-state index contributed by atoms with van der Waals surface area (Å²) >= 11 is 0. The first-order valence-corrected chi connectivity index (χ1v) is 6.46. The van der Waals surface area contributed by atoms with Crippen molar-refractivity contribution in [2.75, 3.05) is 18.5 Å². The van der Waals surface area contributed by atoms with Crippen LogP contribution in [0.1, 0.15) is 31.7 Å². The molecule has 0 amide bonds. The fourth-order valence-electron chi connectivity index (χ4n) is 1.82. The van der Waals surface area contributed by atoms with Crippen molar-refractivity contribution in [1.29, 1.82) is 0 Å². The van der Waals surface area contributed by atoms with Crippen molar-refractivity contribution in [3.05, 3.63) is 35.7 Å². The molecule has 0 aliphatic rings. The van der Waals surface area contributed by atoms with Crippen molar-refractivity contribution >= 4 is 17.7 Å². The number of aliphatic carboxylic acids is 1. The molecule has 1 aromatic rings. The van der Waals surface area contributed by atoms with Gasteiger partial charge in [0.05, 0.1) is 5.69 Å². The van der Waals surface area contributed by atoms with Gasteiger partial charge in [-0.15, -0.1) is 0 Å². The fourth-order valence-corrected chi connectivity index (χ4v) is 1.82. The predicted octanol–water partition coefficient (Wildman–Crippen LogP) is 3.55. The largest absolute Gasteiger partial charge is 0.478 e. The molecule has 104 valence electrons. The lowest BCUT2D eigenvalue weighted by Crippen LogP contribution is -2.19. The number of carboxylic acids is 1. The summed E-state index contributed by atoms with van der Waals surface area (Å²) in [6.07, 6.45) is 5.68. The van der Waals surface area contributed by atoms with Crippen LogP contribution in [-0.2, 0) is 4.79 Å². The van der Waals surface area contributed by atoms with Crippen LogP contribution in [-0.4, -0.2) is 24.7 Å². The number of anilines is 1. The van der Waals surface area contributed by atoms with Gasteiger partial charge in [-0.3, -0.25) is 0 Å². The van der Waals surface area contributed by atoms with Crippen LogP contribution in [0.25, 0.3) is 6.08 Å². The minimum absolute atomic E-state index is 0.327. The molecule has 4 heteroatoms. The van der Waals surface area contributed by atoms with Crippen molar-refractivity contribution in [1.82, 2.24) is 0 Å². The van der Waals surface area contributed by atoms with E-state index in [0.717, 1.165) is 31.9 Å². The minimum Gasteiger partial charge on any atom is -0.478 e. The normalized spacial score (nSPS) is 10.9. The molecule has 19 heavy (non-hydrogen) atoms. The highest BCUT2D eigenvalue weighted by Gasteiger charge is 2.07. The molecule has 0 bridgehead atoms. The molecule has 0 heterocycles. The average Bonchev–Trinajstić information content (AvgIpc) is 2.36. The molecular weight excluding hydrogens is 245 g/mol. The van der Waals surface area contributed by atoms with Gasteiger partial charge in [-0.05, 0) is 30.2 Å². The maximum absolute atomic E-state index is 13.9. The zero-order valence-corrected chi connectivity index (χ0v) is 11.4. The van der Waals surface area contributed by atoms with Gasteiger partial charge in [-0.2, -0.15) is 0 Å². The Balaban J connectivity index is 2.73. The van der Waals surface area contributed by atoms with Crippen molar-refractivity contribution in [2.24, 2.45) is 0 Å². The predicted molar refractivity (Wildman–Crippen MR) is 75.9 cm³/mol. The maximum Gasteiger partial charge on any atom is 0.328 e. The first kappa shape index (κ1) is 15.2. The van der Waals surface area contributed by atoms with Crippen LogP contribution in [0, 0.1) is 5.82 Å². The molecule has 0 spiro atoms. The van der Waals surface area contributed by atoms with Crippen LogP contribution in [0.15, 0.2) is 24.3 Å². The molecule has 0 saturated carbocycles. The van der Waals surface area contributed by atoms with Crippen molar-refractivity contribution in [3.63, 3.8) is 0 Å². The van der Waals surface area contributed by atoms with Crippen molar-refractivity contribution in [2.45, 2.75) is 26.2 Å². The third kappa shape index (κ3) is 5.12. The Morgan fingerprint density at radius 1 is 1.42 bits per heavy atom. The first-order chi connectivity index (χ1) is 9.04. The van der Waals surface area contributed by atoms with Gasteiger partial charge in [-0.1, -0.05) is 25.8 Å². The zero-order valence-electron chi connectivity index (χ0n) is 11.4. The number of rotatable bonds is 7. The molecule has 1 N–H and O–H groups in total. The second-order valence-electron chi connectivity index (χ2n) is 4.51. The molecule has 3 nitrogen and oxygen atoms in total. The first-order valence-electron chi connectivity index (χ1n) is 6.46. The summed E-state index contributed by atoms with van der Waals surface area (Å²) in [6.45, 7) is 2.94. The number of nitrogens with zero attached hydrogens (tertiary/aromatic N) is 1. The second-order valence-corrected chi connectivity index (χ2v) is 4.51. The molecule has 1 aromatic carbocycles. The summed E-state index contributed by atoms with van der Waals surface area (Å²) in [5, 5.41) is 8.52. The second kappa shape index (κ2) is 7.56. The molecular formula is C15H20FNO2. The summed E-state index contributed by atoms with van der Waals surface area (Å²) in [5.41, 5.74) is 1.09. The number of halogens is 1. The fraction of sp³-hybridized carbons (Fsp3) is 0.400. The van der Waals surface area contributed by atoms with E-state index in [2.05, 4.69) is 6.92 Å². The Morgan fingerprint density at radius 3 is 2.74 bits per heavy atom. The molecule has 0 saturated heterocycles. The Bertz CT molecular complexity index is 457. The summed E-state index contributed by atoms with van der Waals surface area (Å²) in [5.74, 6) is -1.37. The summed E-state index contributed by atoms with van der Waals surface area (Å²) in [4.78, 5) is 12.3. The van der Waals surface area contributed by atoms with Crippen LogP contribution in [0.3, 0.4) is 0 Å². The van der Waals surface area contributed by atoms with Gasteiger partial charge >= 0.3 is 5.97 Å². The third-order valence-corrected chi connectivity index (χ3v) is 2.90. The van der Waals surface area contributed by atoms with Gasteiger partial charge in [0.15, 0.2) is 0 Å². The van der Waals surface area contributed by atoms with E-state index in [1.165, 1.54) is 12.1 Å². The Kier molecular flexibility index (Phi) is 6.06.